The first kappa shape index (κ1) is 17.9. The highest BCUT2D eigenvalue weighted by atomic mass is 32.1. The molecule has 0 aliphatic rings. The summed E-state index contributed by atoms with van der Waals surface area (Å²) in [5.41, 5.74) is 1.57. The molecule has 0 saturated carbocycles. The number of nitrogens with one attached hydrogen (secondary N) is 1. The van der Waals surface area contributed by atoms with Crippen molar-refractivity contribution in [2.75, 3.05) is 0 Å². The lowest BCUT2D eigenvalue weighted by Crippen LogP contribution is -2.18. The fourth-order valence-electron chi connectivity index (χ4n) is 2.26. The Morgan fingerprint density at radius 3 is 2.71 bits per heavy atom. The molecule has 1 heterocycles. The summed E-state index contributed by atoms with van der Waals surface area (Å²) in [6.07, 6.45) is 6.30. The normalized spacial score (nSPS) is 11.0. The highest BCUT2D eigenvalue weighted by Gasteiger charge is 2.09. The summed E-state index contributed by atoms with van der Waals surface area (Å²) >= 11 is 5.03. The number of aromatic hydroxyl groups is 1. The van der Waals surface area contributed by atoms with Crippen LogP contribution in [0.3, 0.4) is 0 Å². The maximum Gasteiger partial charge on any atom is 0.264 e. The van der Waals surface area contributed by atoms with Gasteiger partial charge in [0.2, 0.25) is 5.88 Å². The van der Waals surface area contributed by atoms with Crippen molar-refractivity contribution in [1.29, 1.82) is 0 Å². The van der Waals surface area contributed by atoms with Crippen molar-refractivity contribution in [3.63, 3.8) is 0 Å². The number of aromatic amines is 1. The SMILES string of the molecule is C=CCn1c(O)c(C=Nc2ccc(CCCC)cc2)c(=O)[nH]c1=S. The molecule has 2 rings (SSSR count). The van der Waals surface area contributed by atoms with Gasteiger partial charge in [0.1, 0.15) is 5.56 Å². The number of aliphatic imine (C=N–C) groups is 1. The smallest absolute Gasteiger partial charge is 0.264 e. The van der Waals surface area contributed by atoms with E-state index >= 15 is 0 Å². The second-order valence-corrected chi connectivity index (χ2v) is 5.81. The summed E-state index contributed by atoms with van der Waals surface area (Å²) in [6.45, 7) is 6.07. The van der Waals surface area contributed by atoms with E-state index in [1.54, 1.807) is 6.08 Å². The van der Waals surface area contributed by atoms with Gasteiger partial charge in [-0.25, -0.2) is 0 Å². The first-order valence-electron chi connectivity index (χ1n) is 7.86. The molecule has 0 unspecified atom stereocenters. The van der Waals surface area contributed by atoms with Crippen LogP contribution in [0, 0.1) is 4.77 Å². The lowest BCUT2D eigenvalue weighted by Gasteiger charge is -2.08. The number of hydrogen-bond acceptors (Lipinski definition) is 4. The van der Waals surface area contributed by atoms with Crippen LogP contribution in [0.25, 0.3) is 0 Å². The fraction of sp³-hybridized carbons (Fsp3) is 0.278. The molecule has 0 spiro atoms. The Morgan fingerprint density at radius 1 is 1.38 bits per heavy atom. The predicted molar refractivity (Wildman–Crippen MR) is 100 cm³/mol. The molecule has 0 saturated heterocycles. The number of H-pyrrole nitrogens is 1. The summed E-state index contributed by atoms with van der Waals surface area (Å²) in [7, 11) is 0. The van der Waals surface area contributed by atoms with Crippen molar-refractivity contribution >= 4 is 24.1 Å². The van der Waals surface area contributed by atoms with E-state index in [1.807, 2.05) is 24.3 Å². The monoisotopic (exact) mass is 343 g/mol. The third kappa shape index (κ3) is 4.29. The van der Waals surface area contributed by atoms with Crippen LogP contribution in [-0.2, 0) is 13.0 Å². The Bertz CT molecular complexity index is 848. The minimum Gasteiger partial charge on any atom is -0.494 e. The van der Waals surface area contributed by atoms with Gasteiger partial charge in [0.25, 0.3) is 5.56 Å². The first-order valence-corrected chi connectivity index (χ1v) is 8.27. The topological polar surface area (TPSA) is 70.4 Å². The molecule has 1 aromatic heterocycles. The first-order chi connectivity index (χ1) is 11.6. The van der Waals surface area contributed by atoms with Crippen LogP contribution in [-0.4, -0.2) is 20.9 Å². The van der Waals surface area contributed by atoms with Gasteiger partial charge in [0.05, 0.1) is 5.69 Å². The van der Waals surface area contributed by atoms with Crippen molar-refractivity contribution in [2.24, 2.45) is 4.99 Å². The van der Waals surface area contributed by atoms with E-state index in [4.69, 9.17) is 12.2 Å². The van der Waals surface area contributed by atoms with Crippen LogP contribution in [0.4, 0.5) is 5.69 Å². The highest BCUT2D eigenvalue weighted by molar-refractivity contribution is 7.71. The molecule has 0 amide bonds. The molecule has 0 aliphatic carbocycles. The lowest BCUT2D eigenvalue weighted by atomic mass is 10.1. The van der Waals surface area contributed by atoms with Gasteiger partial charge in [-0.1, -0.05) is 31.6 Å². The minimum absolute atomic E-state index is 0.0699. The van der Waals surface area contributed by atoms with E-state index in [-0.39, 0.29) is 16.2 Å². The van der Waals surface area contributed by atoms with Gasteiger partial charge in [-0.2, -0.15) is 0 Å². The number of aryl methyl sites for hydroxylation is 1. The van der Waals surface area contributed by atoms with Gasteiger partial charge >= 0.3 is 0 Å². The summed E-state index contributed by atoms with van der Waals surface area (Å²) in [4.78, 5) is 18.8. The third-order valence-corrected chi connectivity index (χ3v) is 3.94. The Balaban J connectivity index is 2.28. The number of benzene rings is 1. The number of hydrogen-bond donors (Lipinski definition) is 2. The number of aromatic nitrogens is 2. The summed E-state index contributed by atoms with van der Waals surface area (Å²) < 4.78 is 1.54. The number of allylic oxidation sites excluding steroid dienone is 1. The Morgan fingerprint density at radius 2 is 2.08 bits per heavy atom. The highest BCUT2D eigenvalue weighted by Crippen LogP contribution is 2.16. The van der Waals surface area contributed by atoms with E-state index in [0.717, 1.165) is 19.3 Å². The number of nitrogens with zero attached hydrogens (tertiary/aromatic N) is 2. The molecule has 0 radical (unpaired) electrons. The van der Waals surface area contributed by atoms with E-state index < -0.39 is 5.56 Å². The molecular weight excluding hydrogens is 322 g/mol. The molecule has 6 heteroatoms. The Labute approximate surface area is 146 Å². The third-order valence-electron chi connectivity index (χ3n) is 3.62. The van der Waals surface area contributed by atoms with Crippen molar-refractivity contribution in [2.45, 2.75) is 32.7 Å². The zero-order chi connectivity index (χ0) is 17.5. The second kappa shape index (κ2) is 8.40. The van der Waals surface area contributed by atoms with E-state index in [1.165, 1.54) is 16.3 Å². The average molecular weight is 343 g/mol. The number of rotatable bonds is 7. The second-order valence-electron chi connectivity index (χ2n) is 5.42. The molecule has 0 atom stereocenters. The average Bonchev–Trinajstić information content (AvgIpc) is 2.57. The van der Waals surface area contributed by atoms with Crippen molar-refractivity contribution in [3.05, 3.63) is 63.2 Å². The van der Waals surface area contributed by atoms with Gasteiger partial charge in [-0.15, -0.1) is 6.58 Å². The molecule has 2 N–H and O–H groups in total. The standard InChI is InChI=1S/C18H21N3O2S/c1-3-5-6-13-7-9-14(10-8-13)19-12-15-16(22)20-18(24)21(11-4-2)17(15)23/h4,7-10,12,23H,2-3,5-6,11H2,1H3,(H,20,22,24). The largest absolute Gasteiger partial charge is 0.494 e. The molecule has 2 aromatic rings. The summed E-state index contributed by atoms with van der Waals surface area (Å²) in [6, 6.07) is 7.84. The number of unbranched alkanes of at least 4 members (excludes halogenated alkanes) is 1. The quantitative estimate of drug-likeness (QED) is 0.455. The van der Waals surface area contributed by atoms with Crippen molar-refractivity contribution in [1.82, 2.24) is 9.55 Å². The molecule has 0 bridgehead atoms. The van der Waals surface area contributed by atoms with Crippen LogP contribution in [0.15, 0.2) is 46.7 Å². The maximum absolute atomic E-state index is 12.0. The van der Waals surface area contributed by atoms with Gasteiger partial charge in [0, 0.05) is 12.8 Å². The molecule has 0 fully saturated rings. The molecule has 24 heavy (non-hydrogen) atoms. The predicted octanol–water partition coefficient (Wildman–Crippen LogP) is 3.89. The van der Waals surface area contributed by atoms with E-state index in [2.05, 4.69) is 23.5 Å². The van der Waals surface area contributed by atoms with Gasteiger partial charge in [-0.3, -0.25) is 19.3 Å². The molecule has 5 nitrogen and oxygen atoms in total. The van der Waals surface area contributed by atoms with Crippen LogP contribution in [0.2, 0.25) is 0 Å². The lowest BCUT2D eigenvalue weighted by molar-refractivity contribution is 0.413. The van der Waals surface area contributed by atoms with Gasteiger partial charge in [-0.05, 0) is 42.8 Å². The van der Waals surface area contributed by atoms with Crippen molar-refractivity contribution < 1.29 is 5.11 Å². The zero-order valence-electron chi connectivity index (χ0n) is 13.7. The van der Waals surface area contributed by atoms with Gasteiger partial charge in [0.15, 0.2) is 4.77 Å². The fourth-order valence-corrected chi connectivity index (χ4v) is 2.51. The summed E-state index contributed by atoms with van der Waals surface area (Å²) in [5, 5.41) is 10.2. The van der Waals surface area contributed by atoms with E-state index in [0.29, 0.717) is 12.2 Å². The molecule has 126 valence electrons. The molecular formula is C18H21N3O2S. The van der Waals surface area contributed by atoms with Crippen LogP contribution < -0.4 is 5.56 Å². The van der Waals surface area contributed by atoms with Crippen LogP contribution in [0.5, 0.6) is 5.88 Å². The Kier molecular flexibility index (Phi) is 6.26. The van der Waals surface area contributed by atoms with E-state index in [9.17, 15) is 9.90 Å². The maximum atomic E-state index is 12.0. The van der Waals surface area contributed by atoms with Crippen LogP contribution >= 0.6 is 12.2 Å². The zero-order valence-corrected chi connectivity index (χ0v) is 14.5. The molecule has 0 aliphatic heterocycles. The van der Waals surface area contributed by atoms with Crippen LogP contribution in [0.1, 0.15) is 30.9 Å². The van der Waals surface area contributed by atoms with Crippen molar-refractivity contribution in [3.8, 4) is 5.88 Å². The minimum atomic E-state index is -0.471. The molecule has 1 aromatic carbocycles. The summed E-state index contributed by atoms with van der Waals surface area (Å²) in [5.74, 6) is -0.216. The van der Waals surface area contributed by atoms with Gasteiger partial charge < -0.3 is 5.11 Å². The Hall–Kier alpha value is -2.47.